The first-order valence-corrected chi connectivity index (χ1v) is 9.77. The van der Waals surface area contributed by atoms with Crippen molar-refractivity contribution in [3.63, 3.8) is 0 Å². The summed E-state index contributed by atoms with van der Waals surface area (Å²) >= 11 is 0. The fourth-order valence-electron chi connectivity index (χ4n) is 2.53. The van der Waals surface area contributed by atoms with E-state index >= 15 is 0 Å². The van der Waals surface area contributed by atoms with Crippen LogP contribution in [0.25, 0.3) is 0 Å². The largest absolute Gasteiger partial charge is 0.351 e. The molecule has 0 heterocycles. The summed E-state index contributed by atoms with van der Waals surface area (Å²) < 4.78 is 26.7. The lowest BCUT2D eigenvalue weighted by Crippen LogP contribution is -2.29. The predicted octanol–water partition coefficient (Wildman–Crippen LogP) is 2.83. The summed E-state index contributed by atoms with van der Waals surface area (Å²) in [5.41, 5.74) is 2.25. The lowest BCUT2D eigenvalue weighted by molar-refractivity contribution is 0.0951. The van der Waals surface area contributed by atoms with Gasteiger partial charge in [0.15, 0.2) is 0 Å². The maximum Gasteiger partial charge on any atom is 0.251 e. The third kappa shape index (κ3) is 4.90. The third-order valence-corrected chi connectivity index (χ3v) is 5.58. The molecule has 0 spiro atoms. The Bertz CT molecular complexity index is 833. The number of rotatable bonds is 7. The van der Waals surface area contributed by atoms with Crippen LogP contribution in [-0.4, -0.2) is 27.4 Å². The summed E-state index contributed by atoms with van der Waals surface area (Å²) in [7, 11) is -3.59. The van der Waals surface area contributed by atoms with E-state index in [1.54, 1.807) is 19.9 Å². The molecule has 6 heteroatoms. The predicted molar refractivity (Wildman–Crippen MR) is 99.2 cm³/mol. The van der Waals surface area contributed by atoms with Gasteiger partial charge in [0, 0.05) is 18.7 Å². The standard InChI is InChI=1S/C19H24N2O3S/c1-4-21-25(23,24)17-11-10-14(2)18(12-17)19(22)20-13-15(3)16-8-6-5-7-9-16/h5-12,15,21H,4,13H2,1-3H3,(H,20,22). The molecule has 2 aromatic rings. The first kappa shape index (κ1) is 19.1. The van der Waals surface area contributed by atoms with Crippen LogP contribution in [0.5, 0.6) is 0 Å². The molecule has 0 saturated carbocycles. The Morgan fingerprint density at radius 2 is 1.80 bits per heavy atom. The van der Waals surface area contributed by atoms with Gasteiger partial charge < -0.3 is 5.32 Å². The minimum absolute atomic E-state index is 0.0983. The van der Waals surface area contributed by atoms with Crippen LogP contribution >= 0.6 is 0 Å². The number of aryl methyl sites for hydroxylation is 1. The van der Waals surface area contributed by atoms with E-state index < -0.39 is 10.0 Å². The molecule has 0 radical (unpaired) electrons. The van der Waals surface area contributed by atoms with Crippen molar-refractivity contribution < 1.29 is 13.2 Å². The molecule has 0 fully saturated rings. The molecule has 1 atom stereocenters. The third-order valence-electron chi connectivity index (χ3n) is 4.04. The van der Waals surface area contributed by atoms with Gasteiger partial charge in [-0.25, -0.2) is 13.1 Å². The first-order valence-electron chi connectivity index (χ1n) is 8.28. The maximum absolute atomic E-state index is 12.5. The molecular weight excluding hydrogens is 336 g/mol. The van der Waals surface area contributed by atoms with Crippen LogP contribution in [0.4, 0.5) is 0 Å². The van der Waals surface area contributed by atoms with Gasteiger partial charge in [-0.15, -0.1) is 0 Å². The molecule has 2 rings (SSSR count). The van der Waals surface area contributed by atoms with Crippen LogP contribution in [0.15, 0.2) is 53.4 Å². The van der Waals surface area contributed by atoms with Gasteiger partial charge in [-0.1, -0.05) is 50.2 Å². The lowest BCUT2D eigenvalue weighted by Gasteiger charge is -2.14. The van der Waals surface area contributed by atoms with Gasteiger partial charge in [0.2, 0.25) is 10.0 Å². The summed E-state index contributed by atoms with van der Waals surface area (Å²) in [5, 5.41) is 2.89. The summed E-state index contributed by atoms with van der Waals surface area (Å²) in [5.74, 6) is -0.104. The van der Waals surface area contributed by atoms with Crippen molar-refractivity contribution in [2.24, 2.45) is 0 Å². The Balaban J connectivity index is 2.14. The Labute approximate surface area is 149 Å². The smallest absolute Gasteiger partial charge is 0.251 e. The van der Waals surface area contributed by atoms with Crippen LogP contribution in [-0.2, 0) is 10.0 Å². The van der Waals surface area contributed by atoms with Crippen LogP contribution in [0, 0.1) is 6.92 Å². The van der Waals surface area contributed by atoms with Crippen molar-refractivity contribution in [1.82, 2.24) is 10.0 Å². The molecule has 2 aromatic carbocycles. The molecule has 0 bridgehead atoms. The molecule has 134 valence electrons. The SMILES string of the molecule is CCNS(=O)(=O)c1ccc(C)c(C(=O)NCC(C)c2ccccc2)c1. The Kier molecular flexibility index (Phi) is 6.33. The first-order chi connectivity index (χ1) is 11.8. The van der Waals surface area contributed by atoms with Crippen molar-refractivity contribution in [3.8, 4) is 0 Å². The topological polar surface area (TPSA) is 75.3 Å². The second-order valence-electron chi connectivity index (χ2n) is 6.00. The summed E-state index contributed by atoms with van der Waals surface area (Å²) in [4.78, 5) is 12.6. The minimum atomic E-state index is -3.59. The molecule has 0 saturated heterocycles. The Morgan fingerprint density at radius 3 is 2.44 bits per heavy atom. The van der Waals surface area contributed by atoms with Gasteiger partial charge >= 0.3 is 0 Å². The second-order valence-corrected chi connectivity index (χ2v) is 7.77. The molecule has 0 aliphatic heterocycles. The lowest BCUT2D eigenvalue weighted by atomic mass is 10.0. The molecule has 1 unspecified atom stereocenters. The molecule has 0 aliphatic carbocycles. The Morgan fingerprint density at radius 1 is 1.12 bits per heavy atom. The number of hydrogen-bond acceptors (Lipinski definition) is 3. The number of nitrogens with one attached hydrogen (secondary N) is 2. The van der Waals surface area contributed by atoms with Crippen LogP contribution in [0.1, 0.15) is 41.3 Å². The number of carbonyl (C=O) groups excluding carboxylic acids is 1. The van der Waals surface area contributed by atoms with Crippen molar-refractivity contribution in [1.29, 1.82) is 0 Å². The molecule has 5 nitrogen and oxygen atoms in total. The second kappa shape index (κ2) is 8.27. The number of carbonyl (C=O) groups is 1. The van der Waals surface area contributed by atoms with Gasteiger partial charge in [-0.05, 0) is 36.1 Å². The number of sulfonamides is 1. The molecule has 2 N–H and O–H groups in total. The highest BCUT2D eigenvalue weighted by atomic mass is 32.2. The molecule has 0 aromatic heterocycles. The molecule has 0 aliphatic rings. The monoisotopic (exact) mass is 360 g/mol. The summed E-state index contributed by atoms with van der Waals surface area (Å²) in [6.45, 7) is 6.32. The van der Waals surface area contributed by atoms with Crippen LogP contribution in [0.3, 0.4) is 0 Å². The fraction of sp³-hybridized carbons (Fsp3) is 0.316. The maximum atomic E-state index is 12.5. The summed E-state index contributed by atoms with van der Waals surface area (Å²) in [6.07, 6.45) is 0. The van der Waals surface area contributed by atoms with E-state index in [1.807, 2.05) is 37.3 Å². The zero-order valence-electron chi connectivity index (χ0n) is 14.7. The zero-order valence-corrected chi connectivity index (χ0v) is 15.6. The van der Waals surface area contributed by atoms with E-state index in [4.69, 9.17) is 0 Å². The van der Waals surface area contributed by atoms with E-state index in [9.17, 15) is 13.2 Å². The van der Waals surface area contributed by atoms with Gasteiger partial charge in [0.1, 0.15) is 0 Å². The highest BCUT2D eigenvalue weighted by Crippen LogP contribution is 2.17. The zero-order chi connectivity index (χ0) is 18.4. The fourth-order valence-corrected chi connectivity index (χ4v) is 3.59. The molecule has 1 amide bonds. The average Bonchev–Trinajstić information content (AvgIpc) is 2.60. The quantitative estimate of drug-likeness (QED) is 0.797. The molecular formula is C19H24N2O3S. The van der Waals surface area contributed by atoms with E-state index in [1.165, 1.54) is 12.1 Å². The van der Waals surface area contributed by atoms with Crippen molar-refractivity contribution in [2.45, 2.75) is 31.6 Å². The van der Waals surface area contributed by atoms with E-state index in [0.29, 0.717) is 18.7 Å². The number of benzene rings is 2. The highest BCUT2D eigenvalue weighted by molar-refractivity contribution is 7.89. The van der Waals surface area contributed by atoms with Crippen molar-refractivity contribution >= 4 is 15.9 Å². The van der Waals surface area contributed by atoms with E-state index in [-0.39, 0.29) is 16.7 Å². The van der Waals surface area contributed by atoms with Gasteiger partial charge in [-0.2, -0.15) is 0 Å². The van der Waals surface area contributed by atoms with Crippen molar-refractivity contribution in [3.05, 3.63) is 65.2 Å². The number of amides is 1. The van der Waals surface area contributed by atoms with E-state index in [0.717, 1.165) is 11.1 Å². The van der Waals surface area contributed by atoms with Crippen molar-refractivity contribution in [2.75, 3.05) is 13.1 Å². The van der Waals surface area contributed by atoms with Gasteiger partial charge in [0.05, 0.1) is 4.90 Å². The highest BCUT2D eigenvalue weighted by Gasteiger charge is 2.17. The average molecular weight is 360 g/mol. The Hall–Kier alpha value is -2.18. The van der Waals surface area contributed by atoms with Gasteiger partial charge in [-0.3, -0.25) is 4.79 Å². The van der Waals surface area contributed by atoms with E-state index in [2.05, 4.69) is 10.0 Å². The van der Waals surface area contributed by atoms with Crippen LogP contribution in [0.2, 0.25) is 0 Å². The summed E-state index contributed by atoms with van der Waals surface area (Å²) in [6, 6.07) is 14.5. The molecule has 25 heavy (non-hydrogen) atoms. The van der Waals surface area contributed by atoms with Crippen LogP contribution < -0.4 is 10.0 Å². The minimum Gasteiger partial charge on any atom is -0.351 e. The normalized spacial score (nSPS) is 12.6. The number of hydrogen-bond donors (Lipinski definition) is 2. The van der Waals surface area contributed by atoms with Gasteiger partial charge in [0.25, 0.3) is 5.91 Å².